The Kier molecular flexibility index (Phi) is 6.81. The number of piperidine rings is 1. The summed E-state index contributed by atoms with van der Waals surface area (Å²) >= 11 is 0. The van der Waals surface area contributed by atoms with Gasteiger partial charge in [-0.25, -0.2) is 4.68 Å². The Morgan fingerprint density at radius 2 is 2.11 bits per heavy atom. The summed E-state index contributed by atoms with van der Waals surface area (Å²) in [6.07, 6.45) is 4.21. The highest BCUT2D eigenvalue weighted by atomic mass is 16.5. The van der Waals surface area contributed by atoms with Crippen molar-refractivity contribution in [3.63, 3.8) is 0 Å². The second-order valence-electron chi connectivity index (χ2n) is 7.34. The second-order valence-corrected chi connectivity index (χ2v) is 7.34. The number of rotatable bonds is 7. The van der Waals surface area contributed by atoms with Crippen molar-refractivity contribution < 1.29 is 9.53 Å². The molecule has 1 atom stereocenters. The van der Waals surface area contributed by atoms with Crippen LogP contribution in [0.15, 0.2) is 41.3 Å². The van der Waals surface area contributed by atoms with Crippen LogP contribution >= 0.6 is 0 Å². The molecule has 28 heavy (non-hydrogen) atoms. The van der Waals surface area contributed by atoms with Crippen molar-refractivity contribution in [1.29, 1.82) is 0 Å². The molecule has 0 bridgehead atoms. The molecule has 0 saturated carbocycles. The number of anilines is 2. The van der Waals surface area contributed by atoms with Gasteiger partial charge in [-0.3, -0.25) is 9.59 Å². The van der Waals surface area contributed by atoms with Gasteiger partial charge in [0.1, 0.15) is 0 Å². The first-order chi connectivity index (χ1) is 13.5. The number of aromatic nitrogens is 2. The largest absolute Gasteiger partial charge is 0.383 e. The van der Waals surface area contributed by atoms with Gasteiger partial charge >= 0.3 is 0 Å². The number of nitrogens with one attached hydrogen (secondary N) is 1. The van der Waals surface area contributed by atoms with Gasteiger partial charge in [0.05, 0.1) is 25.0 Å². The van der Waals surface area contributed by atoms with Crippen molar-refractivity contribution in [1.82, 2.24) is 9.78 Å². The molecule has 3 rings (SSSR count). The molecule has 2 heterocycles. The van der Waals surface area contributed by atoms with Gasteiger partial charge < -0.3 is 15.0 Å². The summed E-state index contributed by atoms with van der Waals surface area (Å²) in [5.41, 5.74) is 2.68. The highest BCUT2D eigenvalue weighted by Crippen LogP contribution is 2.24. The molecule has 1 aromatic heterocycles. The molecule has 1 aliphatic rings. The lowest BCUT2D eigenvalue weighted by Crippen LogP contribution is -2.38. The van der Waals surface area contributed by atoms with E-state index in [2.05, 4.69) is 15.3 Å². The van der Waals surface area contributed by atoms with Gasteiger partial charge in [0.15, 0.2) is 0 Å². The van der Waals surface area contributed by atoms with Crippen molar-refractivity contribution in [3.8, 4) is 0 Å². The van der Waals surface area contributed by atoms with Crippen molar-refractivity contribution in [3.05, 3.63) is 52.4 Å². The lowest BCUT2D eigenvalue weighted by molar-refractivity contribution is -0.117. The van der Waals surface area contributed by atoms with E-state index < -0.39 is 0 Å². The maximum absolute atomic E-state index is 12.4. The Balaban J connectivity index is 1.57. The average molecular weight is 384 g/mol. The number of hydrogen-bond acceptors (Lipinski definition) is 5. The molecule has 1 aliphatic heterocycles. The van der Waals surface area contributed by atoms with Gasteiger partial charge in [0.25, 0.3) is 5.56 Å². The van der Waals surface area contributed by atoms with Gasteiger partial charge in [-0.15, -0.1) is 0 Å². The highest BCUT2D eigenvalue weighted by Gasteiger charge is 2.23. The minimum Gasteiger partial charge on any atom is -0.383 e. The molecule has 1 fully saturated rings. The van der Waals surface area contributed by atoms with E-state index in [4.69, 9.17) is 4.74 Å². The smallest absolute Gasteiger partial charge is 0.268 e. The minimum absolute atomic E-state index is 0.0313. The Morgan fingerprint density at radius 1 is 1.32 bits per heavy atom. The number of benzene rings is 1. The molecule has 0 aliphatic carbocycles. The zero-order valence-corrected chi connectivity index (χ0v) is 16.6. The van der Waals surface area contributed by atoms with E-state index in [0.717, 1.165) is 37.3 Å². The predicted molar refractivity (Wildman–Crippen MR) is 110 cm³/mol. The molecule has 7 nitrogen and oxygen atoms in total. The Morgan fingerprint density at radius 3 is 2.82 bits per heavy atom. The van der Waals surface area contributed by atoms with Crippen LogP contribution in [-0.4, -0.2) is 42.5 Å². The van der Waals surface area contributed by atoms with Crippen LogP contribution < -0.4 is 15.8 Å². The van der Waals surface area contributed by atoms with Crippen LogP contribution in [0.5, 0.6) is 0 Å². The maximum Gasteiger partial charge on any atom is 0.268 e. The third kappa shape index (κ3) is 5.42. The summed E-state index contributed by atoms with van der Waals surface area (Å²) in [5, 5.41) is 7.22. The average Bonchev–Trinajstić information content (AvgIpc) is 2.69. The van der Waals surface area contributed by atoms with Crippen molar-refractivity contribution in [2.45, 2.75) is 32.7 Å². The van der Waals surface area contributed by atoms with Crippen LogP contribution in [0.25, 0.3) is 0 Å². The number of ether oxygens (including phenoxy) is 1. The zero-order valence-electron chi connectivity index (χ0n) is 16.6. The topological polar surface area (TPSA) is 76.5 Å². The summed E-state index contributed by atoms with van der Waals surface area (Å²) in [5.74, 6) is 0.291. The monoisotopic (exact) mass is 384 g/mol. The third-order valence-electron chi connectivity index (χ3n) is 5.06. The molecule has 1 saturated heterocycles. The van der Waals surface area contributed by atoms with Gasteiger partial charge in [0, 0.05) is 38.4 Å². The van der Waals surface area contributed by atoms with Crippen LogP contribution in [0.2, 0.25) is 0 Å². The van der Waals surface area contributed by atoms with Crippen LogP contribution in [0.4, 0.5) is 11.4 Å². The molecular formula is C21H28N4O3. The summed E-state index contributed by atoms with van der Waals surface area (Å²) in [4.78, 5) is 26.8. The number of aryl methyl sites for hydroxylation is 1. The summed E-state index contributed by atoms with van der Waals surface area (Å²) < 4.78 is 6.40. The van der Waals surface area contributed by atoms with Crippen molar-refractivity contribution in [2.24, 2.45) is 5.92 Å². The van der Waals surface area contributed by atoms with Crippen LogP contribution in [-0.2, 0) is 16.1 Å². The molecule has 1 amide bonds. The molecule has 150 valence electrons. The molecule has 0 radical (unpaired) electrons. The van der Waals surface area contributed by atoms with E-state index in [1.807, 2.05) is 31.2 Å². The molecule has 0 spiro atoms. The van der Waals surface area contributed by atoms with E-state index in [1.54, 1.807) is 19.4 Å². The van der Waals surface area contributed by atoms with E-state index in [1.165, 1.54) is 10.2 Å². The molecule has 1 unspecified atom stereocenters. The lowest BCUT2D eigenvalue weighted by Gasteiger charge is -2.34. The number of carbonyl (C=O) groups is 1. The molecule has 1 aromatic carbocycles. The Bertz CT molecular complexity index is 847. The normalized spacial score (nSPS) is 16.8. The first-order valence-corrected chi connectivity index (χ1v) is 9.72. The Hall–Kier alpha value is -2.67. The van der Waals surface area contributed by atoms with E-state index >= 15 is 0 Å². The summed E-state index contributed by atoms with van der Waals surface area (Å²) in [6.45, 7) is 4.54. The molecular weight excluding hydrogens is 356 g/mol. The first kappa shape index (κ1) is 20.1. The minimum atomic E-state index is -0.131. The first-order valence-electron chi connectivity index (χ1n) is 9.72. The number of carbonyl (C=O) groups excluding carboxylic acids is 1. The quantitative estimate of drug-likeness (QED) is 0.793. The van der Waals surface area contributed by atoms with Crippen LogP contribution in [0.1, 0.15) is 24.8 Å². The predicted octanol–water partition coefficient (Wildman–Crippen LogP) is 2.44. The third-order valence-corrected chi connectivity index (χ3v) is 5.06. The number of methoxy groups -OCH3 is 1. The lowest BCUT2D eigenvalue weighted by atomic mass is 9.94. The van der Waals surface area contributed by atoms with Crippen molar-refractivity contribution in [2.75, 3.05) is 37.0 Å². The standard InChI is InChI=1S/C21H28N4O3/c1-16-5-7-18(8-6-16)23-20(26)12-17-4-3-9-24(15-17)19-13-21(27)25(22-14-19)10-11-28-2/h5-8,13-14,17H,3-4,9-12,15H2,1-2H3,(H,23,26). The fourth-order valence-electron chi connectivity index (χ4n) is 3.52. The zero-order chi connectivity index (χ0) is 19.9. The van der Waals surface area contributed by atoms with E-state index in [9.17, 15) is 9.59 Å². The molecule has 1 N–H and O–H groups in total. The second kappa shape index (κ2) is 9.50. The number of hydrogen-bond donors (Lipinski definition) is 1. The fraction of sp³-hybridized carbons (Fsp3) is 0.476. The van der Waals surface area contributed by atoms with Gasteiger partial charge in [-0.2, -0.15) is 5.10 Å². The SMILES string of the molecule is COCCn1ncc(N2CCCC(CC(=O)Nc3ccc(C)cc3)C2)cc1=O. The van der Waals surface area contributed by atoms with Crippen LogP contribution in [0, 0.1) is 12.8 Å². The fourth-order valence-corrected chi connectivity index (χ4v) is 3.52. The summed E-state index contributed by atoms with van der Waals surface area (Å²) in [6, 6.07) is 9.44. The number of amides is 1. The molecule has 7 heteroatoms. The van der Waals surface area contributed by atoms with Crippen molar-refractivity contribution >= 4 is 17.3 Å². The Labute approximate surface area is 165 Å². The molecule has 2 aromatic rings. The van der Waals surface area contributed by atoms with Gasteiger partial charge in [-0.05, 0) is 37.8 Å². The van der Waals surface area contributed by atoms with Crippen LogP contribution in [0.3, 0.4) is 0 Å². The number of nitrogens with zero attached hydrogens (tertiary/aromatic N) is 3. The van der Waals surface area contributed by atoms with Gasteiger partial charge in [0.2, 0.25) is 5.91 Å². The maximum atomic E-state index is 12.4. The van der Waals surface area contributed by atoms with E-state index in [0.29, 0.717) is 19.6 Å². The highest BCUT2D eigenvalue weighted by molar-refractivity contribution is 5.90. The van der Waals surface area contributed by atoms with Gasteiger partial charge in [-0.1, -0.05) is 17.7 Å². The van der Waals surface area contributed by atoms with E-state index in [-0.39, 0.29) is 17.4 Å². The summed E-state index contributed by atoms with van der Waals surface area (Å²) in [7, 11) is 1.60.